The Balaban J connectivity index is 1.60. The molecule has 0 unspecified atom stereocenters. The van der Waals surface area contributed by atoms with Gasteiger partial charge >= 0.3 is 0 Å². The number of hydrogen-bond donors (Lipinski definition) is 1. The number of fused-ring (bicyclic) bond motifs is 1. The van der Waals surface area contributed by atoms with Gasteiger partial charge in [-0.15, -0.1) is 5.10 Å². The lowest BCUT2D eigenvalue weighted by molar-refractivity contribution is 0.102. The number of morpholine rings is 1. The first kappa shape index (κ1) is 17.4. The molecule has 2 aromatic heterocycles. The highest BCUT2D eigenvalue weighted by atomic mass is 32.1. The summed E-state index contributed by atoms with van der Waals surface area (Å²) in [6.45, 7) is 2.65. The molecule has 0 aliphatic carbocycles. The first-order valence-electron chi connectivity index (χ1n) is 8.32. The fourth-order valence-corrected chi connectivity index (χ4v) is 3.60. The van der Waals surface area contributed by atoms with E-state index in [1.807, 2.05) is 4.90 Å². The highest BCUT2D eigenvalue weighted by molar-refractivity contribution is 7.20. The molecule has 3 heterocycles. The Morgan fingerprint density at radius 2 is 2.00 bits per heavy atom. The fourth-order valence-electron chi connectivity index (χ4n) is 2.69. The van der Waals surface area contributed by atoms with Crippen LogP contribution < -0.4 is 20.5 Å². The molecule has 3 aromatic rings. The number of carbonyl (C=O) groups excluding carboxylic acids is 1. The summed E-state index contributed by atoms with van der Waals surface area (Å²) in [6, 6.07) is 6.83. The second-order valence-electron chi connectivity index (χ2n) is 5.84. The van der Waals surface area contributed by atoms with Crippen molar-refractivity contribution in [1.29, 1.82) is 0 Å². The summed E-state index contributed by atoms with van der Waals surface area (Å²) in [5.41, 5.74) is -0.0125. The molecule has 1 aliphatic heterocycles. The normalized spacial score (nSPS) is 14.3. The average molecular weight is 387 g/mol. The molecule has 0 spiro atoms. The van der Waals surface area contributed by atoms with Crippen LogP contribution in [-0.4, -0.2) is 53.9 Å². The number of rotatable bonds is 4. The van der Waals surface area contributed by atoms with Gasteiger partial charge in [-0.1, -0.05) is 11.3 Å². The van der Waals surface area contributed by atoms with Crippen molar-refractivity contribution in [2.45, 2.75) is 0 Å². The van der Waals surface area contributed by atoms with Gasteiger partial charge in [0.15, 0.2) is 0 Å². The minimum Gasteiger partial charge on any atom is -0.497 e. The zero-order chi connectivity index (χ0) is 18.8. The van der Waals surface area contributed by atoms with Gasteiger partial charge in [-0.05, 0) is 24.3 Å². The summed E-state index contributed by atoms with van der Waals surface area (Å²) < 4.78 is 11.6. The Labute approximate surface area is 158 Å². The summed E-state index contributed by atoms with van der Waals surface area (Å²) in [4.78, 5) is 31.9. The molecule has 4 rings (SSSR count). The van der Waals surface area contributed by atoms with E-state index in [1.165, 1.54) is 22.0 Å². The Bertz CT molecular complexity index is 1020. The molecule has 0 radical (unpaired) electrons. The van der Waals surface area contributed by atoms with E-state index in [0.29, 0.717) is 47.8 Å². The van der Waals surface area contributed by atoms with E-state index in [0.717, 1.165) is 0 Å². The van der Waals surface area contributed by atoms with Crippen molar-refractivity contribution in [3.8, 4) is 5.75 Å². The Kier molecular flexibility index (Phi) is 4.73. The van der Waals surface area contributed by atoms with Gasteiger partial charge in [-0.2, -0.15) is 4.52 Å². The van der Waals surface area contributed by atoms with Crippen LogP contribution in [0.1, 0.15) is 10.4 Å². The summed E-state index contributed by atoms with van der Waals surface area (Å²) in [7, 11) is 1.56. The third kappa shape index (κ3) is 3.49. The van der Waals surface area contributed by atoms with Crippen LogP contribution in [-0.2, 0) is 4.74 Å². The molecule has 9 nitrogen and oxygen atoms in total. The quantitative estimate of drug-likeness (QED) is 0.719. The predicted molar refractivity (Wildman–Crippen MR) is 101 cm³/mol. The molecule has 0 bridgehead atoms. The number of carbonyl (C=O) groups is 1. The van der Waals surface area contributed by atoms with Gasteiger partial charge in [-0.3, -0.25) is 9.59 Å². The molecule has 140 valence electrons. The average Bonchev–Trinajstić information content (AvgIpc) is 3.15. The van der Waals surface area contributed by atoms with Crippen LogP contribution in [0.5, 0.6) is 5.75 Å². The van der Waals surface area contributed by atoms with Gasteiger partial charge in [0, 0.05) is 25.0 Å². The number of aromatic nitrogens is 3. The van der Waals surface area contributed by atoms with Crippen LogP contribution >= 0.6 is 11.3 Å². The number of anilines is 2. The minimum absolute atomic E-state index is 0.0675. The van der Waals surface area contributed by atoms with Crippen molar-refractivity contribution in [3.63, 3.8) is 0 Å². The lowest BCUT2D eigenvalue weighted by Crippen LogP contribution is -2.36. The third-order valence-corrected chi connectivity index (χ3v) is 5.13. The van der Waals surface area contributed by atoms with Crippen molar-refractivity contribution < 1.29 is 14.3 Å². The molecule has 0 saturated carbocycles. The topological polar surface area (TPSA) is 98.1 Å². The van der Waals surface area contributed by atoms with E-state index in [-0.39, 0.29) is 5.56 Å². The van der Waals surface area contributed by atoms with Gasteiger partial charge in [0.05, 0.1) is 20.3 Å². The SMILES string of the molecule is COc1ccc(NC(=O)c2cnc3sc(N4CCOCC4)nn3c2=O)cc1. The lowest BCUT2D eigenvalue weighted by Gasteiger charge is -2.25. The maximum atomic E-state index is 12.7. The molecule has 1 aromatic carbocycles. The smallest absolute Gasteiger partial charge is 0.288 e. The minimum atomic E-state index is -0.534. The predicted octanol–water partition coefficient (Wildman–Crippen LogP) is 1.25. The zero-order valence-corrected chi connectivity index (χ0v) is 15.4. The van der Waals surface area contributed by atoms with Crippen molar-refractivity contribution in [2.75, 3.05) is 43.6 Å². The van der Waals surface area contributed by atoms with E-state index >= 15 is 0 Å². The molecule has 1 N–H and O–H groups in total. The largest absolute Gasteiger partial charge is 0.497 e. The van der Waals surface area contributed by atoms with E-state index in [1.54, 1.807) is 31.4 Å². The number of methoxy groups -OCH3 is 1. The number of amides is 1. The Morgan fingerprint density at radius 1 is 1.26 bits per heavy atom. The summed E-state index contributed by atoms with van der Waals surface area (Å²) >= 11 is 1.31. The lowest BCUT2D eigenvalue weighted by atomic mass is 10.2. The fraction of sp³-hybridized carbons (Fsp3) is 0.294. The first-order valence-corrected chi connectivity index (χ1v) is 9.14. The molecule has 1 aliphatic rings. The zero-order valence-electron chi connectivity index (χ0n) is 14.5. The van der Waals surface area contributed by atoms with Gasteiger partial charge < -0.3 is 19.7 Å². The van der Waals surface area contributed by atoms with E-state index in [4.69, 9.17) is 9.47 Å². The molecule has 1 amide bonds. The van der Waals surface area contributed by atoms with Crippen molar-refractivity contribution in [2.24, 2.45) is 0 Å². The molecular formula is C17H17N5O4S. The summed E-state index contributed by atoms with van der Waals surface area (Å²) in [6.07, 6.45) is 1.29. The highest BCUT2D eigenvalue weighted by Gasteiger charge is 2.20. The second kappa shape index (κ2) is 7.33. The number of nitrogens with zero attached hydrogens (tertiary/aromatic N) is 4. The van der Waals surface area contributed by atoms with Crippen LogP contribution in [0.4, 0.5) is 10.8 Å². The molecule has 0 atom stereocenters. The monoisotopic (exact) mass is 387 g/mol. The van der Waals surface area contributed by atoms with E-state index in [2.05, 4.69) is 15.4 Å². The van der Waals surface area contributed by atoms with Crippen LogP contribution in [0.2, 0.25) is 0 Å². The van der Waals surface area contributed by atoms with Gasteiger partial charge in [0.2, 0.25) is 10.1 Å². The molecule has 10 heteroatoms. The standard InChI is InChI=1S/C17H17N5O4S/c1-25-12-4-2-11(3-5-12)19-14(23)13-10-18-16-22(15(13)24)20-17(27-16)21-6-8-26-9-7-21/h2-5,10H,6-9H2,1H3,(H,19,23). The molecular weight excluding hydrogens is 370 g/mol. The first-order chi connectivity index (χ1) is 13.2. The number of ether oxygens (including phenoxy) is 2. The molecule has 1 fully saturated rings. The maximum absolute atomic E-state index is 12.7. The van der Waals surface area contributed by atoms with E-state index < -0.39 is 11.5 Å². The molecule has 27 heavy (non-hydrogen) atoms. The van der Waals surface area contributed by atoms with Crippen molar-refractivity contribution >= 4 is 33.0 Å². The van der Waals surface area contributed by atoms with Crippen molar-refractivity contribution in [1.82, 2.24) is 14.6 Å². The summed E-state index contributed by atoms with van der Waals surface area (Å²) in [5, 5.41) is 7.72. The van der Waals surface area contributed by atoms with Crippen LogP contribution in [0, 0.1) is 0 Å². The highest BCUT2D eigenvalue weighted by Crippen LogP contribution is 2.22. The van der Waals surface area contributed by atoms with Crippen LogP contribution in [0.3, 0.4) is 0 Å². The number of hydrogen-bond acceptors (Lipinski definition) is 8. The van der Waals surface area contributed by atoms with Gasteiger partial charge in [0.25, 0.3) is 11.5 Å². The Morgan fingerprint density at radius 3 is 2.70 bits per heavy atom. The van der Waals surface area contributed by atoms with Crippen LogP contribution in [0.15, 0.2) is 35.3 Å². The van der Waals surface area contributed by atoms with Gasteiger partial charge in [-0.25, -0.2) is 4.98 Å². The Hall–Kier alpha value is -2.98. The van der Waals surface area contributed by atoms with Crippen molar-refractivity contribution in [3.05, 3.63) is 46.4 Å². The number of nitrogens with one attached hydrogen (secondary N) is 1. The second-order valence-corrected chi connectivity index (χ2v) is 6.77. The number of benzene rings is 1. The summed E-state index contributed by atoms with van der Waals surface area (Å²) in [5.74, 6) is 0.141. The third-order valence-electron chi connectivity index (χ3n) is 4.15. The van der Waals surface area contributed by atoms with Crippen LogP contribution in [0.25, 0.3) is 4.96 Å². The van der Waals surface area contributed by atoms with E-state index in [9.17, 15) is 9.59 Å². The molecule has 1 saturated heterocycles. The maximum Gasteiger partial charge on any atom is 0.288 e. The van der Waals surface area contributed by atoms with Gasteiger partial charge in [0.1, 0.15) is 11.3 Å².